The third-order valence-corrected chi connectivity index (χ3v) is 3.60. The number of aromatic nitrogens is 2. The Morgan fingerprint density at radius 2 is 1.62 bits per heavy atom. The molecule has 1 heterocycles. The number of benzene rings is 2. The fraction of sp³-hybridized carbons (Fsp3) is 0.111. The van der Waals surface area contributed by atoms with E-state index in [1.165, 1.54) is 0 Å². The summed E-state index contributed by atoms with van der Waals surface area (Å²) in [5.41, 5.74) is 8.15. The second kappa shape index (κ2) is 6.87. The van der Waals surface area contributed by atoms with Gasteiger partial charge in [0.1, 0.15) is 5.75 Å². The molecule has 2 aromatic carbocycles. The Morgan fingerprint density at radius 1 is 1.00 bits per heavy atom. The molecule has 0 bridgehead atoms. The van der Waals surface area contributed by atoms with Crippen molar-refractivity contribution >= 4 is 11.9 Å². The number of nitrogens with one attached hydrogen (secondary N) is 2. The van der Waals surface area contributed by atoms with Gasteiger partial charge in [0, 0.05) is 5.56 Å². The van der Waals surface area contributed by atoms with Crippen molar-refractivity contribution in [2.45, 2.75) is 13.8 Å². The van der Waals surface area contributed by atoms with Gasteiger partial charge in [-0.25, -0.2) is 14.9 Å². The van der Waals surface area contributed by atoms with Crippen molar-refractivity contribution < 1.29 is 9.53 Å². The van der Waals surface area contributed by atoms with Crippen LogP contribution in [0.3, 0.4) is 0 Å². The molecule has 0 aliphatic heterocycles. The molecular weight excluding hydrogens is 304 g/mol. The third-order valence-electron chi connectivity index (χ3n) is 3.60. The molecule has 0 saturated heterocycles. The zero-order valence-corrected chi connectivity index (χ0v) is 13.5. The van der Waals surface area contributed by atoms with Crippen LogP contribution in [0, 0.1) is 13.8 Å². The molecule has 3 rings (SSSR count). The van der Waals surface area contributed by atoms with E-state index < -0.39 is 6.09 Å². The third kappa shape index (κ3) is 3.38. The maximum absolute atomic E-state index is 11.9. The molecule has 0 radical (unpaired) electrons. The van der Waals surface area contributed by atoms with Crippen molar-refractivity contribution in [1.82, 2.24) is 15.2 Å². The highest BCUT2D eigenvalue weighted by atomic mass is 16.6. The molecule has 24 heavy (non-hydrogen) atoms. The summed E-state index contributed by atoms with van der Waals surface area (Å²) in [7, 11) is 0. The first-order valence-electron chi connectivity index (χ1n) is 7.55. The minimum atomic E-state index is -0.598. The van der Waals surface area contributed by atoms with E-state index in [0.717, 1.165) is 16.9 Å². The molecule has 6 nitrogen and oxygen atoms in total. The van der Waals surface area contributed by atoms with Crippen molar-refractivity contribution in [3.05, 3.63) is 71.9 Å². The predicted octanol–water partition coefficient (Wildman–Crippen LogP) is 3.60. The minimum Gasteiger partial charge on any atom is -0.409 e. The Balaban J connectivity index is 1.74. The number of anilines is 1. The van der Waals surface area contributed by atoms with Crippen LogP contribution in [0.25, 0.3) is 5.69 Å². The molecule has 0 saturated carbocycles. The van der Waals surface area contributed by atoms with Gasteiger partial charge in [0.05, 0.1) is 11.4 Å². The number of carbonyl (C=O) groups excluding carboxylic acids is 1. The molecule has 0 unspecified atom stereocenters. The molecule has 6 heteroatoms. The molecule has 0 spiro atoms. The van der Waals surface area contributed by atoms with Crippen molar-refractivity contribution in [1.29, 1.82) is 0 Å². The van der Waals surface area contributed by atoms with Crippen molar-refractivity contribution in [2.24, 2.45) is 0 Å². The summed E-state index contributed by atoms with van der Waals surface area (Å²) in [6, 6.07) is 18.6. The number of nitrogens with zero attached hydrogens (tertiary/aromatic N) is 2. The first kappa shape index (κ1) is 15.6. The molecule has 0 aliphatic rings. The normalized spacial score (nSPS) is 10.2. The average Bonchev–Trinajstić information content (AvgIpc) is 2.89. The van der Waals surface area contributed by atoms with Gasteiger partial charge in [-0.05, 0) is 38.1 Å². The Kier molecular flexibility index (Phi) is 4.47. The zero-order valence-electron chi connectivity index (χ0n) is 13.5. The van der Waals surface area contributed by atoms with Crippen LogP contribution in [0.2, 0.25) is 0 Å². The summed E-state index contributed by atoms with van der Waals surface area (Å²) in [6.07, 6.45) is -0.598. The van der Waals surface area contributed by atoms with E-state index >= 15 is 0 Å². The predicted molar refractivity (Wildman–Crippen MR) is 92.3 cm³/mol. The highest BCUT2D eigenvalue weighted by molar-refractivity contribution is 5.72. The van der Waals surface area contributed by atoms with Crippen molar-refractivity contribution in [3.8, 4) is 11.4 Å². The number of hydrogen-bond donors (Lipinski definition) is 2. The first-order valence-corrected chi connectivity index (χ1v) is 7.55. The van der Waals surface area contributed by atoms with E-state index in [-0.39, 0.29) is 0 Å². The summed E-state index contributed by atoms with van der Waals surface area (Å²) >= 11 is 0. The molecule has 2 N–H and O–H groups in total. The highest BCUT2D eigenvalue weighted by Gasteiger charge is 2.14. The number of rotatable bonds is 4. The quantitative estimate of drug-likeness (QED) is 0.720. The number of hydrazine groups is 1. The van der Waals surface area contributed by atoms with Crippen LogP contribution in [-0.2, 0) is 0 Å². The molecule has 0 fully saturated rings. The first-order chi connectivity index (χ1) is 11.6. The van der Waals surface area contributed by atoms with Crippen LogP contribution in [0.1, 0.15) is 11.3 Å². The number of amides is 1. The molecule has 3 aromatic rings. The Morgan fingerprint density at radius 3 is 2.29 bits per heavy atom. The van der Waals surface area contributed by atoms with Gasteiger partial charge in [-0.3, -0.25) is 5.43 Å². The Labute approximate surface area is 140 Å². The lowest BCUT2D eigenvalue weighted by atomic mass is 10.3. The lowest BCUT2D eigenvalue weighted by Crippen LogP contribution is -2.33. The topological polar surface area (TPSA) is 68.2 Å². The van der Waals surface area contributed by atoms with Gasteiger partial charge < -0.3 is 4.74 Å². The minimum absolute atomic E-state index is 0.473. The number of para-hydroxylation sites is 2. The molecule has 0 atom stereocenters. The summed E-state index contributed by atoms with van der Waals surface area (Å²) in [5, 5.41) is 4.50. The summed E-state index contributed by atoms with van der Waals surface area (Å²) in [6.45, 7) is 3.86. The van der Waals surface area contributed by atoms with Crippen molar-refractivity contribution in [2.75, 3.05) is 5.43 Å². The highest BCUT2D eigenvalue weighted by Crippen LogP contribution is 2.21. The van der Waals surface area contributed by atoms with Gasteiger partial charge in [0.2, 0.25) is 0 Å². The second-order valence-electron chi connectivity index (χ2n) is 5.26. The summed E-state index contributed by atoms with van der Waals surface area (Å²) in [4.78, 5) is 11.9. The number of carbonyl (C=O) groups is 1. The van der Waals surface area contributed by atoms with Gasteiger partial charge in [-0.1, -0.05) is 36.4 Å². The maximum Gasteiger partial charge on any atom is 0.431 e. The second-order valence-corrected chi connectivity index (χ2v) is 5.26. The lowest BCUT2D eigenvalue weighted by Gasteiger charge is -2.12. The fourth-order valence-corrected chi connectivity index (χ4v) is 2.24. The van der Waals surface area contributed by atoms with Gasteiger partial charge in [0.25, 0.3) is 0 Å². The van der Waals surface area contributed by atoms with E-state index in [2.05, 4.69) is 16.0 Å². The van der Waals surface area contributed by atoms with Crippen molar-refractivity contribution in [3.63, 3.8) is 0 Å². The van der Waals surface area contributed by atoms with E-state index in [4.69, 9.17) is 4.74 Å². The molecule has 122 valence electrons. The van der Waals surface area contributed by atoms with Crippen LogP contribution >= 0.6 is 0 Å². The van der Waals surface area contributed by atoms with Crippen LogP contribution < -0.4 is 15.6 Å². The number of ether oxygens (including phenoxy) is 1. The van der Waals surface area contributed by atoms with E-state index in [0.29, 0.717) is 11.6 Å². The standard InChI is InChI=1S/C18H18N4O2/c1-13-14(2)21-22(15-9-5-3-6-10-15)17(13)19-20-18(23)24-16-11-7-4-8-12-16/h3-12,19H,1-2H3,(H,20,23). The smallest absolute Gasteiger partial charge is 0.409 e. The zero-order chi connectivity index (χ0) is 16.9. The number of aryl methyl sites for hydroxylation is 1. The van der Waals surface area contributed by atoms with Crippen LogP contribution in [0.15, 0.2) is 60.7 Å². The molecular formula is C18H18N4O2. The van der Waals surface area contributed by atoms with Crippen LogP contribution in [0.5, 0.6) is 5.75 Å². The molecule has 0 aliphatic carbocycles. The van der Waals surface area contributed by atoms with E-state index in [9.17, 15) is 4.79 Å². The van der Waals surface area contributed by atoms with Gasteiger partial charge >= 0.3 is 6.09 Å². The van der Waals surface area contributed by atoms with Gasteiger partial charge in [0.15, 0.2) is 5.82 Å². The molecule has 1 amide bonds. The number of hydrogen-bond acceptors (Lipinski definition) is 4. The maximum atomic E-state index is 11.9. The van der Waals surface area contributed by atoms with Crippen LogP contribution in [-0.4, -0.2) is 15.9 Å². The van der Waals surface area contributed by atoms with E-state index in [1.807, 2.05) is 50.2 Å². The average molecular weight is 322 g/mol. The summed E-state index contributed by atoms with van der Waals surface area (Å²) in [5.74, 6) is 1.16. The van der Waals surface area contributed by atoms with E-state index in [1.54, 1.807) is 28.9 Å². The molecule has 1 aromatic heterocycles. The monoisotopic (exact) mass is 322 g/mol. The lowest BCUT2D eigenvalue weighted by molar-refractivity contribution is 0.202. The summed E-state index contributed by atoms with van der Waals surface area (Å²) < 4.78 is 6.93. The Hall–Kier alpha value is -3.28. The largest absolute Gasteiger partial charge is 0.431 e. The van der Waals surface area contributed by atoms with Crippen LogP contribution in [0.4, 0.5) is 10.6 Å². The Bertz CT molecular complexity index is 829. The SMILES string of the molecule is Cc1nn(-c2ccccc2)c(NNC(=O)Oc2ccccc2)c1C. The van der Waals surface area contributed by atoms with Gasteiger partial charge in [-0.2, -0.15) is 5.10 Å². The fourth-order valence-electron chi connectivity index (χ4n) is 2.24. The van der Waals surface area contributed by atoms with Gasteiger partial charge in [-0.15, -0.1) is 0 Å².